The Labute approximate surface area is 207 Å². The maximum absolute atomic E-state index is 10.2. The minimum absolute atomic E-state index is 0.0699. The minimum atomic E-state index is -0.0699. The monoisotopic (exact) mass is 453 g/mol. The third-order valence-electron chi connectivity index (χ3n) is 6.24. The Morgan fingerprint density at radius 1 is 0.686 bits per heavy atom. The van der Waals surface area contributed by atoms with Crippen LogP contribution in [0.15, 0.2) is 144 Å². The standard InChI is InChI=1S/C33H27NO/c1-24-21-22-28(35)23-31(24)34-33(27-17-9-4-10-18-27)30-20-12-11-19-29(30)32(25-13-5-2-6-14-25)26-15-7-3-8-16-26/h2-23,30,35H,1H3. The van der Waals surface area contributed by atoms with Gasteiger partial charge in [-0.25, -0.2) is 0 Å². The molecule has 1 unspecified atom stereocenters. The van der Waals surface area contributed by atoms with Crippen LogP contribution in [0.2, 0.25) is 0 Å². The summed E-state index contributed by atoms with van der Waals surface area (Å²) in [6, 6.07) is 36.7. The molecule has 0 aliphatic heterocycles. The maximum Gasteiger partial charge on any atom is 0.117 e. The van der Waals surface area contributed by atoms with Gasteiger partial charge in [-0.1, -0.05) is 121 Å². The second kappa shape index (κ2) is 10.2. The first-order chi connectivity index (χ1) is 17.2. The van der Waals surface area contributed by atoms with E-state index in [9.17, 15) is 5.11 Å². The topological polar surface area (TPSA) is 32.6 Å². The average Bonchev–Trinajstić information content (AvgIpc) is 2.91. The van der Waals surface area contributed by atoms with Crippen LogP contribution in [-0.4, -0.2) is 10.8 Å². The van der Waals surface area contributed by atoms with Crippen LogP contribution in [0, 0.1) is 12.8 Å². The fraction of sp³-hybridized carbons (Fsp3) is 0.0606. The number of aryl methyl sites for hydroxylation is 1. The van der Waals surface area contributed by atoms with E-state index in [4.69, 9.17) is 4.99 Å². The van der Waals surface area contributed by atoms with Crippen molar-refractivity contribution in [2.45, 2.75) is 6.92 Å². The number of hydrogen-bond donors (Lipinski definition) is 1. The molecule has 1 aliphatic carbocycles. The first-order valence-corrected chi connectivity index (χ1v) is 11.8. The molecule has 0 aromatic heterocycles. The van der Waals surface area contributed by atoms with Crippen LogP contribution in [-0.2, 0) is 0 Å². The van der Waals surface area contributed by atoms with Crippen LogP contribution in [0.4, 0.5) is 5.69 Å². The van der Waals surface area contributed by atoms with Gasteiger partial charge in [0.05, 0.1) is 11.4 Å². The molecule has 5 rings (SSSR count). The van der Waals surface area contributed by atoms with E-state index in [0.29, 0.717) is 0 Å². The van der Waals surface area contributed by atoms with Crippen molar-refractivity contribution in [1.82, 2.24) is 0 Å². The highest BCUT2D eigenvalue weighted by atomic mass is 16.3. The van der Waals surface area contributed by atoms with Crippen molar-refractivity contribution < 1.29 is 5.11 Å². The zero-order valence-corrected chi connectivity index (χ0v) is 19.7. The molecule has 0 radical (unpaired) electrons. The number of nitrogens with zero attached hydrogens (tertiary/aromatic N) is 1. The summed E-state index contributed by atoms with van der Waals surface area (Å²) in [5.74, 6) is 0.144. The molecule has 4 aromatic carbocycles. The maximum atomic E-state index is 10.2. The van der Waals surface area contributed by atoms with E-state index in [0.717, 1.165) is 22.5 Å². The summed E-state index contributed by atoms with van der Waals surface area (Å²) in [7, 11) is 0. The summed E-state index contributed by atoms with van der Waals surface area (Å²) in [5.41, 5.74) is 8.49. The van der Waals surface area contributed by atoms with Crippen molar-refractivity contribution >= 4 is 17.0 Å². The molecule has 2 nitrogen and oxygen atoms in total. The molecular weight excluding hydrogens is 426 g/mol. The second-order valence-corrected chi connectivity index (χ2v) is 8.62. The average molecular weight is 454 g/mol. The van der Waals surface area contributed by atoms with Gasteiger partial charge in [0.1, 0.15) is 5.75 Å². The Morgan fingerprint density at radius 2 is 1.26 bits per heavy atom. The van der Waals surface area contributed by atoms with Gasteiger partial charge in [-0.3, -0.25) is 4.99 Å². The van der Waals surface area contributed by atoms with E-state index in [-0.39, 0.29) is 11.7 Å². The van der Waals surface area contributed by atoms with Gasteiger partial charge in [0.25, 0.3) is 0 Å². The third kappa shape index (κ3) is 4.92. The van der Waals surface area contributed by atoms with E-state index >= 15 is 0 Å². The van der Waals surface area contributed by atoms with Crippen molar-refractivity contribution in [2.24, 2.45) is 10.9 Å². The molecule has 0 amide bonds. The molecule has 170 valence electrons. The van der Waals surface area contributed by atoms with Crippen LogP contribution in [0.5, 0.6) is 5.75 Å². The molecule has 0 fully saturated rings. The van der Waals surface area contributed by atoms with Gasteiger partial charge in [-0.2, -0.15) is 0 Å². The van der Waals surface area contributed by atoms with Crippen LogP contribution >= 0.6 is 0 Å². The van der Waals surface area contributed by atoms with E-state index in [1.807, 2.05) is 43.3 Å². The molecule has 1 N–H and O–H groups in total. The molecular formula is C33H27NO. The summed E-state index contributed by atoms with van der Waals surface area (Å²) < 4.78 is 0. The fourth-order valence-electron chi connectivity index (χ4n) is 4.50. The van der Waals surface area contributed by atoms with Gasteiger partial charge in [-0.05, 0) is 46.4 Å². The normalized spacial score (nSPS) is 15.3. The molecule has 1 aliphatic rings. The smallest absolute Gasteiger partial charge is 0.117 e. The number of hydrogen-bond acceptors (Lipinski definition) is 2. The lowest BCUT2D eigenvalue weighted by Gasteiger charge is -2.24. The zero-order valence-electron chi connectivity index (χ0n) is 19.7. The molecule has 0 spiro atoms. The Morgan fingerprint density at radius 3 is 1.86 bits per heavy atom. The first-order valence-electron chi connectivity index (χ1n) is 11.8. The second-order valence-electron chi connectivity index (χ2n) is 8.62. The molecule has 0 saturated carbocycles. The van der Waals surface area contributed by atoms with Crippen molar-refractivity contribution in [1.29, 1.82) is 0 Å². The molecule has 4 aromatic rings. The molecule has 2 heteroatoms. The summed E-state index contributed by atoms with van der Waals surface area (Å²) in [5, 5.41) is 10.2. The Balaban J connectivity index is 1.77. The van der Waals surface area contributed by atoms with Gasteiger partial charge >= 0.3 is 0 Å². The number of benzene rings is 4. The van der Waals surface area contributed by atoms with Gasteiger partial charge in [-0.15, -0.1) is 0 Å². The van der Waals surface area contributed by atoms with Gasteiger partial charge < -0.3 is 5.11 Å². The van der Waals surface area contributed by atoms with Crippen molar-refractivity contribution in [3.05, 3.63) is 161 Å². The number of aromatic hydroxyl groups is 1. The Bertz CT molecular complexity index is 1390. The zero-order chi connectivity index (χ0) is 24.0. The van der Waals surface area contributed by atoms with E-state index in [1.165, 1.54) is 22.3 Å². The van der Waals surface area contributed by atoms with Crippen LogP contribution in [0.1, 0.15) is 22.3 Å². The summed E-state index contributed by atoms with van der Waals surface area (Å²) >= 11 is 0. The highest BCUT2D eigenvalue weighted by Gasteiger charge is 2.24. The van der Waals surface area contributed by atoms with Gasteiger partial charge in [0.2, 0.25) is 0 Å². The number of rotatable bonds is 5. The molecule has 0 saturated heterocycles. The summed E-state index contributed by atoms with van der Waals surface area (Å²) in [6.07, 6.45) is 8.61. The van der Waals surface area contributed by atoms with Crippen LogP contribution in [0.3, 0.4) is 0 Å². The Kier molecular flexibility index (Phi) is 6.54. The largest absolute Gasteiger partial charge is 0.508 e. The fourth-order valence-corrected chi connectivity index (χ4v) is 4.50. The lowest BCUT2D eigenvalue weighted by molar-refractivity contribution is 0.475. The number of aliphatic imine (C=N–C) groups is 1. The van der Waals surface area contributed by atoms with Gasteiger partial charge in [0.15, 0.2) is 0 Å². The lowest BCUT2D eigenvalue weighted by Crippen LogP contribution is -2.18. The lowest BCUT2D eigenvalue weighted by atomic mass is 9.80. The van der Waals surface area contributed by atoms with Gasteiger partial charge in [0, 0.05) is 12.0 Å². The van der Waals surface area contributed by atoms with Crippen LogP contribution < -0.4 is 0 Å². The number of allylic oxidation sites excluding steroid dienone is 5. The molecule has 35 heavy (non-hydrogen) atoms. The summed E-state index contributed by atoms with van der Waals surface area (Å²) in [4.78, 5) is 5.17. The number of phenols is 1. The Hall–Kier alpha value is -4.43. The predicted octanol–water partition coefficient (Wildman–Crippen LogP) is 8.07. The third-order valence-corrected chi connectivity index (χ3v) is 6.24. The highest BCUT2D eigenvalue weighted by Crippen LogP contribution is 2.36. The first kappa shape index (κ1) is 22.4. The molecule has 0 bridgehead atoms. The van der Waals surface area contributed by atoms with Crippen LogP contribution in [0.25, 0.3) is 5.57 Å². The molecule has 0 heterocycles. The van der Waals surface area contributed by atoms with Crippen molar-refractivity contribution in [3.8, 4) is 5.75 Å². The van der Waals surface area contributed by atoms with E-state index < -0.39 is 0 Å². The molecule has 1 atom stereocenters. The highest BCUT2D eigenvalue weighted by molar-refractivity contribution is 6.08. The van der Waals surface area contributed by atoms with E-state index in [1.54, 1.807) is 12.1 Å². The SMILES string of the molecule is Cc1ccc(O)cc1N=C(c1ccccc1)C1C=CC=CC1=C(c1ccccc1)c1ccccc1. The quantitative estimate of drug-likeness (QED) is 0.305. The minimum Gasteiger partial charge on any atom is -0.508 e. The van der Waals surface area contributed by atoms with E-state index in [2.05, 4.69) is 85.0 Å². The predicted molar refractivity (Wildman–Crippen MR) is 146 cm³/mol. The summed E-state index contributed by atoms with van der Waals surface area (Å²) in [6.45, 7) is 2.02. The van der Waals surface area contributed by atoms with Crippen molar-refractivity contribution in [3.63, 3.8) is 0 Å². The number of phenolic OH excluding ortho intramolecular Hbond substituents is 1. The van der Waals surface area contributed by atoms with Crippen molar-refractivity contribution in [2.75, 3.05) is 0 Å².